The summed E-state index contributed by atoms with van der Waals surface area (Å²) in [6.45, 7) is 0. The zero-order valence-corrected chi connectivity index (χ0v) is 10.9. The van der Waals surface area contributed by atoms with E-state index in [0.29, 0.717) is 10.7 Å². The fraction of sp³-hybridized carbons (Fsp3) is 0.0667. The van der Waals surface area contributed by atoms with Gasteiger partial charge in [-0.25, -0.2) is 0 Å². The molecule has 5 heteroatoms. The fourth-order valence-corrected chi connectivity index (χ4v) is 2.30. The van der Waals surface area contributed by atoms with Crippen molar-refractivity contribution in [2.75, 3.05) is 0 Å². The van der Waals surface area contributed by atoms with Crippen molar-refractivity contribution in [3.63, 3.8) is 0 Å². The van der Waals surface area contributed by atoms with Gasteiger partial charge in [-0.05, 0) is 42.5 Å². The Balaban J connectivity index is 2.09. The minimum absolute atomic E-state index is 0.587. The van der Waals surface area contributed by atoms with Gasteiger partial charge in [0.1, 0.15) is 0 Å². The van der Waals surface area contributed by atoms with Gasteiger partial charge in [0.25, 0.3) is 0 Å². The predicted octanol–water partition coefficient (Wildman–Crippen LogP) is 5.30. The number of aromatic nitrogens is 1. The number of nitrogens with zero attached hydrogens (tertiary/aromatic N) is 1. The average molecular weight is 296 g/mol. The number of halogens is 4. The van der Waals surface area contributed by atoms with Crippen LogP contribution in [0, 0.1) is 0 Å². The first kappa shape index (κ1) is 13.1. The minimum Gasteiger partial charge on any atom is -0.317 e. The molecule has 1 nitrogen and oxygen atoms in total. The molecule has 3 rings (SSSR count). The number of alkyl halides is 3. The molecule has 0 atom stereocenters. The summed E-state index contributed by atoms with van der Waals surface area (Å²) in [7, 11) is 0. The molecule has 0 radical (unpaired) electrons. The van der Waals surface area contributed by atoms with Gasteiger partial charge < -0.3 is 4.57 Å². The topological polar surface area (TPSA) is 4.93 Å². The maximum atomic E-state index is 12.5. The summed E-state index contributed by atoms with van der Waals surface area (Å²) in [6.07, 6.45) is -2.51. The first-order valence-electron chi connectivity index (χ1n) is 5.89. The second-order valence-corrected chi connectivity index (χ2v) is 4.87. The van der Waals surface area contributed by atoms with Crippen LogP contribution in [0.4, 0.5) is 13.2 Å². The molecular formula is C15H9ClF3N. The number of hydrogen-bond acceptors (Lipinski definition) is 0. The molecule has 2 aromatic carbocycles. The van der Waals surface area contributed by atoms with Crippen LogP contribution in [-0.2, 0) is 6.18 Å². The van der Waals surface area contributed by atoms with Crippen molar-refractivity contribution in [3.05, 3.63) is 65.3 Å². The molecule has 0 aliphatic rings. The summed E-state index contributed by atoms with van der Waals surface area (Å²) >= 11 is 5.96. The predicted molar refractivity (Wildman–Crippen MR) is 73.3 cm³/mol. The molecule has 1 aromatic heterocycles. The van der Waals surface area contributed by atoms with Gasteiger partial charge in [0.15, 0.2) is 0 Å². The summed E-state index contributed by atoms with van der Waals surface area (Å²) in [4.78, 5) is 0. The van der Waals surface area contributed by atoms with Gasteiger partial charge in [-0.15, -0.1) is 0 Å². The zero-order chi connectivity index (χ0) is 14.3. The minimum atomic E-state index is -4.32. The van der Waals surface area contributed by atoms with E-state index in [1.165, 1.54) is 12.1 Å². The highest BCUT2D eigenvalue weighted by atomic mass is 35.5. The van der Waals surface area contributed by atoms with E-state index in [1.807, 2.05) is 18.3 Å². The van der Waals surface area contributed by atoms with E-state index in [0.717, 1.165) is 23.0 Å². The summed E-state index contributed by atoms with van der Waals surface area (Å²) in [5, 5.41) is 1.57. The zero-order valence-electron chi connectivity index (χ0n) is 10.2. The van der Waals surface area contributed by atoms with Crippen molar-refractivity contribution in [2.45, 2.75) is 6.18 Å². The van der Waals surface area contributed by atoms with Crippen molar-refractivity contribution in [3.8, 4) is 5.69 Å². The molecule has 0 amide bonds. The maximum Gasteiger partial charge on any atom is 0.416 e. The second kappa shape index (κ2) is 4.56. The Bertz CT molecular complexity index is 757. The van der Waals surface area contributed by atoms with E-state index in [1.54, 1.807) is 16.7 Å². The van der Waals surface area contributed by atoms with Crippen LogP contribution >= 0.6 is 11.6 Å². The Hall–Kier alpha value is -1.94. The van der Waals surface area contributed by atoms with Crippen LogP contribution in [0.15, 0.2) is 54.7 Å². The molecule has 0 bridgehead atoms. The van der Waals surface area contributed by atoms with Crippen molar-refractivity contribution in [1.29, 1.82) is 0 Å². The van der Waals surface area contributed by atoms with Crippen molar-refractivity contribution >= 4 is 22.5 Å². The van der Waals surface area contributed by atoms with E-state index in [2.05, 4.69) is 0 Å². The number of hydrogen-bond donors (Lipinski definition) is 0. The summed E-state index contributed by atoms with van der Waals surface area (Å²) in [6, 6.07) is 12.4. The molecule has 20 heavy (non-hydrogen) atoms. The number of fused-ring (bicyclic) bond motifs is 1. The van der Waals surface area contributed by atoms with Gasteiger partial charge in [0.05, 0.1) is 11.1 Å². The Morgan fingerprint density at radius 1 is 0.900 bits per heavy atom. The smallest absolute Gasteiger partial charge is 0.317 e. The van der Waals surface area contributed by atoms with Gasteiger partial charge in [-0.1, -0.05) is 17.7 Å². The van der Waals surface area contributed by atoms with Gasteiger partial charge in [-0.2, -0.15) is 13.2 Å². The lowest BCUT2D eigenvalue weighted by Gasteiger charge is -2.09. The highest BCUT2D eigenvalue weighted by Gasteiger charge is 2.29. The van der Waals surface area contributed by atoms with Gasteiger partial charge in [0.2, 0.25) is 0 Å². The summed E-state index contributed by atoms with van der Waals surface area (Å²) < 4.78 is 39.4. The molecule has 0 saturated heterocycles. The van der Waals surface area contributed by atoms with E-state index >= 15 is 0 Å². The van der Waals surface area contributed by atoms with Gasteiger partial charge in [0, 0.05) is 22.3 Å². The van der Waals surface area contributed by atoms with Gasteiger partial charge >= 0.3 is 6.18 Å². The lowest BCUT2D eigenvalue weighted by molar-refractivity contribution is -0.137. The number of benzene rings is 2. The normalized spacial score (nSPS) is 12.0. The van der Waals surface area contributed by atoms with Crippen LogP contribution in [-0.4, -0.2) is 4.57 Å². The first-order valence-corrected chi connectivity index (χ1v) is 6.27. The van der Waals surface area contributed by atoms with E-state index in [4.69, 9.17) is 11.6 Å². The molecule has 0 aliphatic carbocycles. The Morgan fingerprint density at radius 3 is 2.25 bits per heavy atom. The Kier molecular flexibility index (Phi) is 2.98. The molecule has 102 valence electrons. The van der Waals surface area contributed by atoms with E-state index < -0.39 is 11.7 Å². The second-order valence-electron chi connectivity index (χ2n) is 4.43. The van der Waals surface area contributed by atoms with Crippen molar-refractivity contribution in [2.24, 2.45) is 0 Å². The van der Waals surface area contributed by atoms with Crippen LogP contribution < -0.4 is 0 Å². The summed E-state index contributed by atoms with van der Waals surface area (Å²) in [5.41, 5.74) is 0.864. The third-order valence-corrected chi connectivity index (χ3v) is 3.36. The van der Waals surface area contributed by atoms with E-state index in [9.17, 15) is 13.2 Å². The van der Waals surface area contributed by atoms with Crippen LogP contribution in [0.2, 0.25) is 5.02 Å². The lowest BCUT2D eigenvalue weighted by Crippen LogP contribution is -2.04. The first-order chi connectivity index (χ1) is 9.45. The monoisotopic (exact) mass is 295 g/mol. The highest BCUT2D eigenvalue weighted by Crippen LogP contribution is 2.30. The lowest BCUT2D eigenvalue weighted by atomic mass is 10.2. The van der Waals surface area contributed by atoms with Gasteiger partial charge in [-0.3, -0.25) is 0 Å². The molecule has 1 heterocycles. The molecule has 0 saturated carbocycles. The number of rotatable bonds is 1. The molecule has 0 fully saturated rings. The SMILES string of the molecule is FC(F)(F)c1ccc(-n2ccc3ccc(Cl)cc32)cc1. The molecule has 3 aromatic rings. The van der Waals surface area contributed by atoms with Crippen LogP contribution in [0.5, 0.6) is 0 Å². The quantitative estimate of drug-likeness (QED) is 0.574. The molecule has 0 aliphatic heterocycles. The van der Waals surface area contributed by atoms with Crippen LogP contribution in [0.1, 0.15) is 5.56 Å². The maximum absolute atomic E-state index is 12.5. The fourth-order valence-electron chi connectivity index (χ4n) is 2.14. The third-order valence-electron chi connectivity index (χ3n) is 3.13. The molecule has 0 spiro atoms. The van der Waals surface area contributed by atoms with Crippen molar-refractivity contribution in [1.82, 2.24) is 4.57 Å². The van der Waals surface area contributed by atoms with E-state index in [-0.39, 0.29) is 0 Å². The summed E-state index contributed by atoms with van der Waals surface area (Å²) in [5.74, 6) is 0. The van der Waals surface area contributed by atoms with Crippen molar-refractivity contribution < 1.29 is 13.2 Å². The standard InChI is InChI=1S/C15H9ClF3N/c16-12-4-1-10-7-8-20(14(10)9-12)13-5-2-11(3-6-13)15(17,18)19/h1-9H. The molecule has 0 unspecified atom stereocenters. The Labute approximate surface area is 118 Å². The molecular weight excluding hydrogens is 287 g/mol. The third kappa shape index (κ3) is 2.27. The highest BCUT2D eigenvalue weighted by molar-refractivity contribution is 6.31. The average Bonchev–Trinajstić information content (AvgIpc) is 2.81. The van der Waals surface area contributed by atoms with Crippen LogP contribution in [0.25, 0.3) is 16.6 Å². The molecule has 0 N–H and O–H groups in total. The Morgan fingerprint density at radius 2 is 1.60 bits per heavy atom. The largest absolute Gasteiger partial charge is 0.416 e. The van der Waals surface area contributed by atoms with Crippen LogP contribution in [0.3, 0.4) is 0 Å².